The molecule has 2 aromatic rings. The van der Waals surface area contributed by atoms with Gasteiger partial charge in [0.2, 0.25) is 0 Å². The summed E-state index contributed by atoms with van der Waals surface area (Å²) in [5.41, 5.74) is 2.31. The van der Waals surface area contributed by atoms with Crippen molar-refractivity contribution in [2.75, 3.05) is 38.5 Å². The highest BCUT2D eigenvalue weighted by molar-refractivity contribution is 9.10. The Labute approximate surface area is 176 Å². The van der Waals surface area contributed by atoms with E-state index in [1.165, 1.54) is 5.56 Å². The summed E-state index contributed by atoms with van der Waals surface area (Å²) < 4.78 is 1.06. The zero-order valence-electron chi connectivity index (χ0n) is 15.9. The lowest BCUT2D eigenvalue weighted by Crippen LogP contribution is -2.52. The molecule has 2 atom stereocenters. The number of rotatable bonds is 5. The van der Waals surface area contributed by atoms with E-state index in [0.29, 0.717) is 5.11 Å². The summed E-state index contributed by atoms with van der Waals surface area (Å²) in [6.07, 6.45) is 0. The number of likely N-dealkylation sites (N-methyl/N-ethyl adjacent to an activating group) is 1. The molecule has 0 aromatic heterocycles. The predicted octanol–water partition coefficient (Wildman–Crippen LogP) is 4.11. The Morgan fingerprint density at radius 3 is 2.26 bits per heavy atom. The summed E-state index contributed by atoms with van der Waals surface area (Å²) in [5.74, 6) is 0. The first-order valence-electron chi connectivity index (χ1n) is 9.33. The fourth-order valence-electron chi connectivity index (χ4n) is 3.55. The molecule has 3 rings (SSSR count). The number of hydrogen-bond acceptors (Lipinski definition) is 3. The van der Waals surface area contributed by atoms with Gasteiger partial charge in [0.15, 0.2) is 5.11 Å². The summed E-state index contributed by atoms with van der Waals surface area (Å²) in [7, 11) is 2.19. The van der Waals surface area contributed by atoms with Gasteiger partial charge in [0, 0.05) is 42.4 Å². The van der Waals surface area contributed by atoms with Crippen LogP contribution in [0.1, 0.15) is 18.5 Å². The van der Waals surface area contributed by atoms with Crippen molar-refractivity contribution in [1.29, 1.82) is 0 Å². The van der Waals surface area contributed by atoms with Crippen molar-refractivity contribution in [2.45, 2.75) is 19.0 Å². The van der Waals surface area contributed by atoms with E-state index in [-0.39, 0.29) is 12.1 Å². The maximum Gasteiger partial charge on any atom is 0.171 e. The van der Waals surface area contributed by atoms with Crippen LogP contribution < -0.4 is 10.6 Å². The molecular formula is C21H27BrN4S. The molecule has 0 unspecified atom stereocenters. The van der Waals surface area contributed by atoms with Gasteiger partial charge < -0.3 is 15.5 Å². The van der Waals surface area contributed by atoms with Gasteiger partial charge in [-0.25, -0.2) is 0 Å². The highest BCUT2D eigenvalue weighted by atomic mass is 79.9. The van der Waals surface area contributed by atoms with E-state index < -0.39 is 0 Å². The number of halogens is 1. The van der Waals surface area contributed by atoms with E-state index in [1.54, 1.807) is 0 Å². The van der Waals surface area contributed by atoms with Crippen molar-refractivity contribution in [3.8, 4) is 0 Å². The molecule has 0 radical (unpaired) electrons. The molecule has 0 spiro atoms. The molecule has 2 aromatic carbocycles. The van der Waals surface area contributed by atoms with Crippen LogP contribution in [-0.2, 0) is 0 Å². The molecule has 1 saturated heterocycles. The first-order chi connectivity index (χ1) is 13.0. The van der Waals surface area contributed by atoms with Crippen molar-refractivity contribution in [2.24, 2.45) is 0 Å². The molecule has 4 nitrogen and oxygen atoms in total. The fourth-order valence-corrected chi connectivity index (χ4v) is 4.12. The fraction of sp³-hybridized carbons (Fsp3) is 0.381. The normalized spacial score (nSPS) is 17.9. The van der Waals surface area contributed by atoms with E-state index in [1.807, 2.05) is 24.3 Å². The van der Waals surface area contributed by atoms with Crippen LogP contribution in [-0.4, -0.2) is 54.2 Å². The molecule has 1 aliphatic rings. The van der Waals surface area contributed by atoms with Crippen LogP contribution in [0, 0.1) is 0 Å². The van der Waals surface area contributed by atoms with Gasteiger partial charge in [0.25, 0.3) is 0 Å². The largest absolute Gasteiger partial charge is 0.358 e. The molecular weight excluding hydrogens is 420 g/mol. The molecule has 0 saturated carbocycles. The van der Waals surface area contributed by atoms with Crippen LogP contribution in [0.3, 0.4) is 0 Å². The number of benzene rings is 2. The van der Waals surface area contributed by atoms with Crippen LogP contribution >= 0.6 is 28.1 Å². The topological polar surface area (TPSA) is 30.5 Å². The summed E-state index contributed by atoms with van der Waals surface area (Å²) in [4.78, 5) is 4.95. The number of nitrogens with zero attached hydrogens (tertiary/aromatic N) is 2. The molecule has 144 valence electrons. The average molecular weight is 447 g/mol. The lowest BCUT2D eigenvalue weighted by atomic mass is 9.98. The van der Waals surface area contributed by atoms with Gasteiger partial charge in [-0.3, -0.25) is 4.90 Å². The van der Waals surface area contributed by atoms with Gasteiger partial charge in [-0.1, -0.05) is 46.3 Å². The maximum atomic E-state index is 5.57. The van der Waals surface area contributed by atoms with Gasteiger partial charge >= 0.3 is 0 Å². The minimum atomic E-state index is 0.186. The van der Waals surface area contributed by atoms with Crippen molar-refractivity contribution < 1.29 is 0 Å². The first-order valence-corrected chi connectivity index (χ1v) is 10.5. The third-order valence-electron chi connectivity index (χ3n) is 5.01. The minimum Gasteiger partial charge on any atom is -0.358 e. The summed E-state index contributed by atoms with van der Waals surface area (Å²) in [6, 6.07) is 19.2. The van der Waals surface area contributed by atoms with E-state index in [4.69, 9.17) is 12.2 Å². The smallest absolute Gasteiger partial charge is 0.171 e. The second-order valence-electron chi connectivity index (χ2n) is 7.09. The lowest BCUT2D eigenvalue weighted by Gasteiger charge is -2.41. The van der Waals surface area contributed by atoms with Crippen LogP contribution in [0.4, 0.5) is 5.69 Å². The standard InChI is InChI=1S/C21H27BrN4S/c1-16(23-21(27)24-19-10-8-18(22)9-11-19)20(17-6-4-3-5-7-17)26-14-12-25(2)13-15-26/h3-11,16,20H,12-15H2,1-2H3,(H2,23,24,27)/t16-,20+/m0/s1. The van der Waals surface area contributed by atoms with Gasteiger partial charge in [-0.05, 0) is 56.0 Å². The Bertz CT molecular complexity index is 730. The van der Waals surface area contributed by atoms with E-state index in [0.717, 1.165) is 36.3 Å². The monoisotopic (exact) mass is 446 g/mol. The number of hydrogen-bond donors (Lipinski definition) is 2. The number of nitrogens with one attached hydrogen (secondary N) is 2. The quantitative estimate of drug-likeness (QED) is 0.674. The Kier molecular flexibility index (Phi) is 7.24. The van der Waals surface area contributed by atoms with Crippen molar-refractivity contribution in [1.82, 2.24) is 15.1 Å². The molecule has 0 aliphatic carbocycles. The van der Waals surface area contributed by atoms with E-state index in [2.05, 4.69) is 80.7 Å². The molecule has 6 heteroatoms. The average Bonchev–Trinajstić information content (AvgIpc) is 2.66. The Morgan fingerprint density at radius 2 is 1.63 bits per heavy atom. The van der Waals surface area contributed by atoms with Crippen molar-refractivity contribution >= 4 is 38.9 Å². The number of piperazine rings is 1. The molecule has 1 fully saturated rings. The van der Waals surface area contributed by atoms with Gasteiger partial charge in [0.05, 0.1) is 6.04 Å². The zero-order valence-corrected chi connectivity index (χ0v) is 18.3. The van der Waals surface area contributed by atoms with Gasteiger partial charge in [-0.15, -0.1) is 0 Å². The number of anilines is 1. The van der Waals surface area contributed by atoms with Crippen LogP contribution in [0.5, 0.6) is 0 Å². The van der Waals surface area contributed by atoms with Crippen molar-refractivity contribution in [3.05, 3.63) is 64.6 Å². The molecule has 0 bridgehead atoms. The lowest BCUT2D eigenvalue weighted by molar-refractivity contribution is 0.0973. The summed E-state index contributed by atoms with van der Waals surface area (Å²) in [6.45, 7) is 6.53. The molecule has 27 heavy (non-hydrogen) atoms. The Morgan fingerprint density at radius 1 is 1.00 bits per heavy atom. The van der Waals surface area contributed by atoms with Crippen LogP contribution in [0.15, 0.2) is 59.1 Å². The van der Waals surface area contributed by atoms with Gasteiger partial charge in [0.1, 0.15) is 0 Å². The second kappa shape index (κ2) is 9.64. The van der Waals surface area contributed by atoms with Crippen LogP contribution in [0.2, 0.25) is 0 Å². The number of thiocarbonyl (C=S) groups is 1. The third kappa shape index (κ3) is 5.75. The van der Waals surface area contributed by atoms with Gasteiger partial charge in [-0.2, -0.15) is 0 Å². The summed E-state index contributed by atoms with van der Waals surface area (Å²) >= 11 is 9.03. The molecule has 0 amide bonds. The maximum absolute atomic E-state index is 5.57. The highest BCUT2D eigenvalue weighted by Crippen LogP contribution is 2.25. The first kappa shape index (κ1) is 20.3. The van der Waals surface area contributed by atoms with E-state index >= 15 is 0 Å². The predicted molar refractivity (Wildman–Crippen MR) is 121 cm³/mol. The Balaban J connectivity index is 1.69. The summed E-state index contributed by atoms with van der Waals surface area (Å²) in [5, 5.41) is 7.45. The zero-order chi connectivity index (χ0) is 19.2. The SMILES string of the molecule is C[C@H](NC(=S)Nc1ccc(Br)cc1)[C@H](c1ccccc1)N1CCN(C)CC1. The highest BCUT2D eigenvalue weighted by Gasteiger charge is 2.28. The Hall–Kier alpha value is -1.47. The second-order valence-corrected chi connectivity index (χ2v) is 8.41. The molecule has 1 aliphatic heterocycles. The molecule has 1 heterocycles. The van der Waals surface area contributed by atoms with E-state index in [9.17, 15) is 0 Å². The van der Waals surface area contributed by atoms with Crippen LogP contribution in [0.25, 0.3) is 0 Å². The third-order valence-corrected chi connectivity index (χ3v) is 5.76. The van der Waals surface area contributed by atoms with Crippen molar-refractivity contribution in [3.63, 3.8) is 0 Å². The minimum absolute atomic E-state index is 0.186. The molecule has 2 N–H and O–H groups in total.